The van der Waals surface area contributed by atoms with E-state index in [1.54, 1.807) is 12.1 Å². The first kappa shape index (κ1) is 15.3. The molecule has 0 saturated carbocycles. The Bertz CT molecular complexity index is 392. The number of halogens is 2. The van der Waals surface area contributed by atoms with Gasteiger partial charge in [0.2, 0.25) is 0 Å². The van der Waals surface area contributed by atoms with Crippen LogP contribution in [0.1, 0.15) is 49.4 Å². The summed E-state index contributed by atoms with van der Waals surface area (Å²) in [6, 6.07) is 3.15. The zero-order valence-corrected chi connectivity index (χ0v) is 12.1. The standard InChI is InChI=1S/C14H18Cl2O2/c1-2-3-4-5-6-7-18-14-11(10-17)8-12(15)9-13(14)16/h8-10H,2-7H2,1H3. The van der Waals surface area contributed by atoms with E-state index in [-0.39, 0.29) is 0 Å². The number of hydrogen-bond donors (Lipinski definition) is 0. The summed E-state index contributed by atoms with van der Waals surface area (Å²) < 4.78 is 5.57. The van der Waals surface area contributed by atoms with Gasteiger partial charge < -0.3 is 4.74 Å². The summed E-state index contributed by atoms with van der Waals surface area (Å²) in [5.41, 5.74) is 0.404. The second-order valence-corrected chi connectivity index (χ2v) is 5.03. The Morgan fingerprint density at radius 3 is 2.56 bits per heavy atom. The van der Waals surface area contributed by atoms with Crippen molar-refractivity contribution >= 4 is 29.5 Å². The molecule has 0 radical (unpaired) electrons. The van der Waals surface area contributed by atoms with Crippen LogP contribution >= 0.6 is 23.2 Å². The highest BCUT2D eigenvalue weighted by atomic mass is 35.5. The van der Waals surface area contributed by atoms with E-state index in [0.717, 1.165) is 12.8 Å². The smallest absolute Gasteiger partial charge is 0.153 e. The van der Waals surface area contributed by atoms with Crippen LogP contribution in [0.2, 0.25) is 10.0 Å². The second-order valence-electron chi connectivity index (χ2n) is 4.19. The fraction of sp³-hybridized carbons (Fsp3) is 0.500. The predicted octanol–water partition coefficient (Wildman–Crippen LogP) is 5.16. The Kier molecular flexibility index (Phi) is 7.14. The Balaban J connectivity index is 2.49. The molecule has 4 heteroatoms. The molecule has 0 aliphatic rings. The Morgan fingerprint density at radius 1 is 1.17 bits per heavy atom. The van der Waals surface area contributed by atoms with Gasteiger partial charge in [0.15, 0.2) is 6.29 Å². The first-order valence-corrected chi connectivity index (χ1v) is 7.01. The van der Waals surface area contributed by atoms with Gasteiger partial charge in [-0.05, 0) is 18.6 Å². The number of unbranched alkanes of at least 4 members (excludes halogenated alkanes) is 4. The van der Waals surface area contributed by atoms with Crippen molar-refractivity contribution in [2.24, 2.45) is 0 Å². The first-order chi connectivity index (χ1) is 8.69. The molecule has 1 aromatic carbocycles. The molecule has 0 aliphatic carbocycles. The average Bonchev–Trinajstić information content (AvgIpc) is 2.35. The van der Waals surface area contributed by atoms with Crippen LogP contribution < -0.4 is 4.74 Å². The SMILES string of the molecule is CCCCCCCOc1c(Cl)cc(Cl)cc1C=O. The predicted molar refractivity (Wildman–Crippen MR) is 76.1 cm³/mol. The molecule has 0 heterocycles. The van der Waals surface area contributed by atoms with Gasteiger partial charge in [-0.3, -0.25) is 4.79 Å². The minimum absolute atomic E-state index is 0.387. The molecule has 0 aromatic heterocycles. The number of hydrogen-bond acceptors (Lipinski definition) is 2. The zero-order chi connectivity index (χ0) is 13.4. The number of carbonyl (C=O) groups excluding carboxylic acids is 1. The van der Waals surface area contributed by atoms with Gasteiger partial charge in [0.25, 0.3) is 0 Å². The van der Waals surface area contributed by atoms with Crippen LogP contribution in [-0.2, 0) is 0 Å². The Morgan fingerprint density at radius 2 is 1.89 bits per heavy atom. The van der Waals surface area contributed by atoms with E-state index in [0.29, 0.717) is 34.3 Å². The molecule has 0 atom stereocenters. The number of rotatable bonds is 8. The third-order valence-electron chi connectivity index (χ3n) is 2.66. The Hall–Kier alpha value is -0.730. The van der Waals surface area contributed by atoms with Crippen LogP contribution in [0.15, 0.2) is 12.1 Å². The lowest BCUT2D eigenvalue weighted by Gasteiger charge is -2.10. The largest absolute Gasteiger partial charge is 0.491 e. The van der Waals surface area contributed by atoms with Crippen molar-refractivity contribution in [3.63, 3.8) is 0 Å². The van der Waals surface area contributed by atoms with Crippen molar-refractivity contribution < 1.29 is 9.53 Å². The molecule has 1 aromatic rings. The van der Waals surface area contributed by atoms with Crippen molar-refractivity contribution in [2.75, 3.05) is 6.61 Å². The van der Waals surface area contributed by atoms with Crippen LogP contribution in [0.5, 0.6) is 5.75 Å². The monoisotopic (exact) mass is 288 g/mol. The van der Waals surface area contributed by atoms with E-state index >= 15 is 0 Å². The topological polar surface area (TPSA) is 26.3 Å². The summed E-state index contributed by atoms with van der Waals surface area (Å²) >= 11 is 11.8. The van der Waals surface area contributed by atoms with E-state index < -0.39 is 0 Å². The molecule has 100 valence electrons. The van der Waals surface area contributed by atoms with Gasteiger partial charge in [-0.2, -0.15) is 0 Å². The normalized spacial score (nSPS) is 10.4. The van der Waals surface area contributed by atoms with Crippen LogP contribution in [0, 0.1) is 0 Å². The number of ether oxygens (including phenoxy) is 1. The molecule has 0 amide bonds. The van der Waals surface area contributed by atoms with Crippen LogP contribution in [0.4, 0.5) is 0 Å². The molecule has 18 heavy (non-hydrogen) atoms. The summed E-state index contributed by atoms with van der Waals surface area (Å²) in [5, 5.41) is 0.829. The van der Waals surface area contributed by atoms with Crippen LogP contribution in [-0.4, -0.2) is 12.9 Å². The molecular formula is C14H18Cl2O2. The molecular weight excluding hydrogens is 271 g/mol. The fourth-order valence-electron chi connectivity index (χ4n) is 1.70. The van der Waals surface area contributed by atoms with Crippen LogP contribution in [0.25, 0.3) is 0 Å². The maximum atomic E-state index is 10.9. The molecule has 2 nitrogen and oxygen atoms in total. The van der Waals surface area contributed by atoms with Gasteiger partial charge in [0.05, 0.1) is 17.2 Å². The zero-order valence-electron chi connectivity index (χ0n) is 10.5. The third-order valence-corrected chi connectivity index (χ3v) is 3.16. The van der Waals surface area contributed by atoms with Crippen molar-refractivity contribution in [2.45, 2.75) is 39.0 Å². The molecule has 0 spiro atoms. The van der Waals surface area contributed by atoms with E-state index in [1.165, 1.54) is 19.3 Å². The van der Waals surface area contributed by atoms with Gasteiger partial charge in [0.1, 0.15) is 5.75 Å². The highest BCUT2D eigenvalue weighted by molar-refractivity contribution is 6.36. The lowest BCUT2D eigenvalue weighted by molar-refractivity contribution is 0.111. The maximum absolute atomic E-state index is 10.9. The van der Waals surface area contributed by atoms with E-state index in [4.69, 9.17) is 27.9 Å². The molecule has 0 saturated heterocycles. The minimum Gasteiger partial charge on any atom is -0.491 e. The highest BCUT2D eigenvalue weighted by Gasteiger charge is 2.09. The summed E-state index contributed by atoms with van der Waals surface area (Å²) in [6.45, 7) is 2.76. The van der Waals surface area contributed by atoms with E-state index in [9.17, 15) is 4.79 Å². The van der Waals surface area contributed by atoms with E-state index in [1.807, 2.05) is 0 Å². The fourth-order valence-corrected chi connectivity index (χ4v) is 2.26. The van der Waals surface area contributed by atoms with Gasteiger partial charge >= 0.3 is 0 Å². The van der Waals surface area contributed by atoms with Crippen molar-refractivity contribution in [3.05, 3.63) is 27.7 Å². The summed E-state index contributed by atoms with van der Waals surface area (Å²) in [4.78, 5) is 10.9. The van der Waals surface area contributed by atoms with Crippen LogP contribution in [0.3, 0.4) is 0 Å². The minimum atomic E-state index is 0.387. The number of carbonyl (C=O) groups is 1. The highest BCUT2D eigenvalue weighted by Crippen LogP contribution is 2.31. The first-order valence-electron chi connectivity index (χ1n) is 6.26. The van der Waals surface area contributed by atoms with Crippen molar-refractivity contribution in [3.8, 4) is 5.75 Å². The third kappa shape index (κ3) is 4.87. The lowest BCUT2D eigenvalue weighted by Crippen LogP contribution is -2.01. The molecule has 0 bridgehead atoms. The molecule has 0 fully saturated rings. The molecule has 0 N–H and O–H groups in total. The quantitative estimate of drug-likeness (QED) is 0.488. The summed E-state index contributed by atoms with van der Waals surface area (Å²) in [5.74, 6) is 0.437. The average molecular weight is 289 g/mol. The van der Waals surface area contributed by atoms with Gasteiger partial charge in [-0.1, -0.05) is 55.8 Å². The number of aldehydes is 1. The number of benzene rings is 1. The van der Waals surface area contributed by atoms with Crippen molar-refractivity contribution in [1.82, 2.24) is 0 Å². The van der Waals surface area contributed by atoms with Gasteiger partial charge in [0, 0.05) is 5.02 Å². The molecule has 0 aliphatic heterocycles. The van der Waals surface area contributed by atoms with Crippen molar-refractivity contribution in [1.29, 1.82) is 0 Å². The van der Waals surface area contributed by atoms with Gasteiger partial charge in [-0.25, -0.2) is 0 Å². The lowest BCUT2D eigenvalue weighted by atomic mass is 10.2. The maximum Gasteiger partial charge on any atom is 0.153 e. The Labute approximate surface area is 118 Å². The second kappa shape index (κ2) is 8.39. The van der Waals surface area contributed by atoms with Gasteiger partial charge in [-0.15, -0.1) is 0 Å². The summed E-state index contributed by atoms with van der Waals surface area (Å²) in [7, 11) is 0. The molecule has 0 unspecified atom stereocenters. The molecule has 1 rings (SSSR count). The summed E-state index contributed by atoms with van der Waals surface area (Å²) in [6.07, 6.45) is 6.51. The van der Waals surface area contributed by atoms with E-state index in [2.05, 4.69) is 6.92 Å².